The first-order valence-corrected chi connectivity index (χ1v) is 34.1. The Morgan fingerprint density at radius 1 is 0.379 bits per heavy atom. The number of rotatable bonds is 6. The van der Waals surface area contributed by atoms with Crippen LogP contribution in [0.3, 0.4) is 0 Å². The predicted molar refractivity (Wildman–Crippen MR) is 452 cm³/mol. The van der Waals surface area contributed by atoms with Crippen LogP contribution in [0.2, 0.25) is 0 Å². The van der Waals surface area contributed by atoms with E-state index in [1.807, 2.05) is 6.07 Å². The van der Waals surface area contributed by atoms with Crippen LogP contribution in [0.5, 0.6) is 17.2 Å². The van der Waals surface area contributed by atoms with Crippen LogP contribution in [-0.4, -0.2) is 45.3 Å². The minimum atomic E-state index is -3.22. The Balaban J connectivity index is 0.000000528. The summed E-state index contributed by atoms with van der Waals surface area (Å²) in [6.07, 6.45) is 8.02. The van der Waals surface area contributed by atoms with Crippen molar-refractivity contribution in [1.29, 1.82) is 0 Å². The Bertz CT molecular complexity index is 7700. The maximum Gasteiger partial charge on any atom is 0.175 e. The Labute approximate surface area is 681 Å². The predicted octanol–water partition coefficient (Wildman–Crippen LogP) is 5.59. The monoisotopic (exact) mass is 1470 g/mol. The first kappa shape index (κ1) is 86.0. The number of nitrogens with zero attached hydrogens (tertiary/aromatic N) is 1. The summed E-state index contributed by atoms with van der Waals surface area (Å²) in [5.41, 5.74) is 7.27. The number of hydrogen-bond donors (Lipinski definition) is 1. The van der Waals surface area contributed by atoms with E-state index in [1.165, 1.54) is 34.0 Å². The molecule has 0 fully saturated rings. The van der Waals surface area contributed by atoms with E-state index in [1.54, 1.807) is 45.4 Å². The van der Waals surface area contributed by atoms with Crippen LogP contribution < -0.4 is 14.2 Å². The van der Waals surface area contributed by atoms with Gasteiger partial charge in [0.15, 0.2) is 21.3 Å². The number of hydrogen-bond acceptors (Lipinski definition) is 6. The van der Waals surface area contributed by atoms with Crippen LogP contribution >= 0.6 is 0 Å². The van der Waals surface area contributed by atoms with Gasteiger partial charge >= 0.3 is 0 Å². The fourth-order valence-corrected chi connectivity index (χ4v) is 8.64. The highest BCUT2D eigenvalue weighted by atomic mass is 32.2. The first-order valence-electron chi connectivity index (χ1n) is 32.2. The fourth-order valence-electron chi connectivity index (χ4n) is 8.01. The summed E-state index contributed by atoms with van der Waals surface area (Å²) in [5, 5.41) is 1.23. The molecule has 4 aromatic rings. The Morgan fingerprint density at radius 2 is 0.681 bits per heavy atom. The normalized spacial score (nSPS) is 8.15. The zero-order chi connectivity index (χ0) is 82.2. The van der Waals surface area contributed by atoms with E-state index in [9.17, 15) is 8.42 Å². The topological polar surface area (TPSA) is 80.9 Å². The molecule has 0 amide bonds. The smallest absolute Gasteiger partial charge is 0.175 e. The maximum atomic E-state index is 11.7. The molecule has 1 unspecified atom stereocenters. The van der Waals surface area contributed by atoms with Gasteiger partial charge in [-0.05, 0) is 179 Å². The molecule has 0 bridgehead atoms. The molecule has 1 atom stereocenters. The number of H-pyrrole nitrogens is 1. The van der Waals surface area contributed by atoms with Gasteiger partial charge in [0, 0.05) is 397 Å². The van der Waals surface area contributed by atoms with Crippen molar-refractivity contribution in [2.24, 2.45) is 0 Å². The largest absolute Gasteiger partial charge is 0.497 e. The molecule has 512 valence electrons. The number of aromatic amines is 1. The van der Waals surface area contributed by atoms with Crippen molar-refractivity contribution in [3.05, 3.63) is 82.5 Å². The zero-order valence-corrected chi connectivity index (χ0v) is 62.1. The van der Waals surface area contributed by atoms with Gasteiger partial charge in [0.05, 0.1) is 19.1 Å². The van der Waals surface area contributed by atoms with Gasteiger partial charge in [0.2, 0.25) is 0 Å². The third kappa shape index (κ3) is 39.3. The van der Waals surface area contributed by atoms with Crippen molar-refractivity contribution < 1.29 is 22.6 Å². The maximum absolute atomic E-state index is 11.7. The number of nitrogens with one attached hydrogen (secondary N) is 1. The van der Waals surface area contributed by atoms with Gasteiger partial charge in [-0.15, -0.1) is 6.42 Å². The van der Waals surface area contributed by atoms with Crippen LogP contribution in [0.4, 0.5) is 0 Å². The third-order valence-corrected chi connectivity index (χ3v) is 13.6. The molecule has 3 aromatic carbocycles. The summed E-state index contributed by atoms with van der Waals surface area (Å²) < 4.78 is 40.9. The van der Waals surface area contributed by atoms with E-state index in [0.717, 1.165) is 42.8 Å². The van der Waals surface area contributed by atoms with Crippen LogP contribution in [0.25, 0.3) is 10.9 Å². The van der Waals surface area contributed by atoms with Gasteiger partial charge in [0.25, 0.3) is 0 Å². The number of aromatic nitrogens is 1. The molecule has 8 heteroatoms. The average Bonchev–Trinajstić information content (AvgIpc) is 1.48. The number of sulfone groups is 1. The molecule has 7 nitrogen and oxygen atoms in total. The lowest BCUT2D eigenvalue weighted by Crippen LogP contribution is -2.39. The van der Waals surface area contributed by atoms with Gasteiger partial charge in [0.1, 0.15) is 12.4 Å². The summed E-state index contributed by atoms with van der Waals surface area (Å²) in [6.45, 7) is 3.88. The van der Waals surface area contributed by atoms with Crippen LogP contribution in [0, 0.1) is 462 Å². The minimum Gasteiger partial charge on any atom is -0.497 e. The zero-order valence-electron chi connectivity index (χ0n) is 61.3. The van der Waals surface area contributed by atoms with E-state index in [2.05, 4.69) is 490 Å². The molecule has 116 heavy (non-hydrogen) atoms. The number of fused-ring (bicyclic) bond motifs is 6. The molecule has 0 saturated carbocycles. The second-order valence-electron chi connectivity index (χ2n) is 19.6. The molecular weight excluding hydrogens is 1440 g/mol. The highest BCUT2D eigenvalue weighted by Crippen LogP contribution is 2.44. The van der Waals surface area contributed by atoms with E-state index in [0.29, 0.717) is 23.0 Å². The van der Waals surface area contributed by atoms with Crippen LogP contribution in [-0.2, 0) is 35.8 Å². The fraction of sp³-hybridized carbons (Fsp3) is 0.0926. The highest BCUT2D eigenvalue weighted by molar-refractivity contribution is 7.90. The highest BCUT2D eigenvalue weighted by Gasteiger charge is 2.35. The summed E-state index contributed by atoms with van der Waals surface area (Å²) in [7, 11) is 0.151. The second-order valence-corrected chi connectivity index (χ2v) is 21.6. The third-order valence-electron chi connectivity index (χ3n) is 12.4. The number of ether oxygens (including phenoxy) is 3. The van der Waals surface area contributed by atoms with E-state index >= 15 is 0 Å². The molecule has 1 N–H and O–H groups in total. The Morgan fingerprint density at radius 3 is 0.957 bits per heavy atom. The van der Waals surface area contributed by atoms with Crippen molar-refractivity contribution in [1.82, 2.24) is 9.88 Å². The molecule has 0 saturated heterocycles. The molecule has 3 heterocycles. The van der Waals surface area contributed by atoms with Crippen LogP contribution in [0.1, 0.15) is 40.9 Å². The van der Waals surface area contributed by atoms with Crippen molar-refractivity contribution in [3.8, 4) is 480 Å². The summed E-state index contributed by atoms with van der Waals surface area (Å²) in [6, 6.07) is 17.6. The molecule has 6 rings (SSSR count). The number of terminal acetylenes is 1. The SMILES string of the molecule is C#CC#CC#CC#CC#CC#CC#CC#CC#CC#CC#CC#CC#CC#CC#CC#CC#CC#CC#CC#CC#CC#CC#CC#CC#CC#CC#CC#CC#CC#CC#CC#CC#CC#CC#CC#CC#CC#CC#CC.COc1ccc2[nH]c3c(c2c1)CC1c2cc(OC)c(OCc4ccc(S(C)(=O)=O)cc4)cc2CCN1C3. The van der Waals surface area contributed by atoms with Gasteiger partial charge in [-0.3, -0.25) is 4.90 Å². The summed E-state index contributed by atoms with van der Waals surface area (Å²) in [5.74, 6) is 194. The molecule has 1 aromatic heterocycles. The quantitative estimate of drug-likeness (QED) is 0.254. The number of benzene rings is 3. The average molecular weight is 1470 g/mol. The van der Waals surface area contributed by atoms with E-state index in [-0.39, 0.29) is 6.04 Å². The van der Waals surface area contributed by atoms with Crippen molar-refractivity contribution >= 4 is 20.7 Å². The van der Waals surface area contributed by atoms with E-state index < -0.39 is 9.84 Å². The van der Waals surface area contributed by atoms with Gasteiger partial charge in [-0.2, -0.15) is 0 Å². The van der Waals surface area contributed by atoms with Gasteiger partial charge < -0.3 is 19.2 Å². The van der Waals surface area contributed by atoms with Crippen molar-refractivity contribution in [2.45, 2.75) is 43.9 Å². The van der Waals surface area contributed by atoms with Crippen molar-refractivity contribution in [2.75, 3.05) is 27.0 Å². The molecular formula is C108H34N2O5S. The van der Waals surface area contributed by atoms with E-state index in [4.69, 9.17) is 20.6 Å². The summed E-state index contributed by atoms with van der Waals surface area (Å²) >= 11 is 0. The lowest BCUT2D eigenvalue weighted by molar-refractivity contribution is 0.158. The number of methoxy groups -OCH3 is 2. The first-order chi connectivity index (χ1) is 57.2. The second kappa shape index (κ2) is 57.7. The van der Waals surface area contributed by atoms with Crippen LogP contribution in [0.15, 0.2) is 59.5 Å². The standard InChI is InChI=1S/C79H4.C29H30N2O5S/c1-3-5-7-9-11-13-15-17-19-21-23-25-27-29-31-33-35-37-39-41-43-45-47-49-51-53-55-57-59-61-63-65-67-69-71-73-75-77-79-78-76-74-72-70-68-66-64-62-60-58-56-54-52-50-48-46-44-42-40-38-36-34-32-30-28-26-24-22-20-18-16-14-12-10-8-6-4-2;1-34-20-6-9-25-23(13-20)24-14-27-22-15-28(35-2)29(12-19(22)10-11-31(27)16-26(24)30-25)36-17-18-4-7-21(8-5-18)37(3,32)33/h1H,2H3;4-9,12-13,15,27,30H,10-11,14,16-17H2,1-3H3. The minimum absolute atomic E-state index is 0.271. The van der Waals surface area contributed by atoms with Crippen molar-refractivity contribution in [3.63, 3.8) is 0 Å². The lowest BCUT2D eigenvalue weighted by Gasteiger charge is -2.40. The Hall–Kier alpha value is -20.6. The lowest BCUT2D eigenvalue weighted by atomic mass is 9.85. The molecule has 0 spiro atoms. The van der Waals surface area contributed by atoms with Gasteiger partial charge in [-0.25, -0.2) is 8.42 Å². The molecule has 2 aliphatic rings. The molecule has 0 aliphatic carbocycles. The molecule has 2 aliphatic heterocycles. The molecule has 0 radical (unpaired) electrons. The summed E-state index contributed by atoms with van der Waals surface area (Å²) in [4.78, 5) is 6.47. The van der Waals surface area contributed by atoms with Gasteiger partial charge in [-0.1, -0.05) is 18.1 Å². The Kier molecular flexibility index (Phi) is 42.8.